The molecule has 0 saturated heterocycles. The first-order chi connectivity index (χ1) is 7.99. The number of nitrogens with one attached hydrogen (secondary N) is 1. The zero-order valence-electron chi connectivity index (χ0n) is 9.72. The largest absolute Gasteiger partial charge is 0.409 e. The van der Waals surface area contributed by atoms with Gasteiger partial charge >= 0.3 is 0 Å². The summed E-state index contributed by atoms with van der Waals surface area (Å²) >= 11 is 4.78. The molecule has 0 spiro atoms. The molecule has 0 aliphatic rings. The molecule has 2 aromatic heterocycles. The number of nitrogens with zero attached hydrogens (tertiary/aromatic N) is 3. The first-order valence-electron chi connectivity index (χ1n) is 5.13. The van der Waals surface area contributed by atoms with E-state index >= 15 is 0 Å². The van der Waals surface area contributed by atoms with Gasteiger partial charge in [-0.1, -0.05) is 13.8 Å². The number of rotatable bonds is 2. The van der Waals surface area contributed by atoms with Gasteiger partial charge in [-0.05, 0) is 24.2 Å². The molecule has 0 amide bonds. The van der Waals surface area contributed by atoms with Gasteiger partial charge in [0.2, 0.25) is 0 Å². The summed E-state index contributed by atoms with van der Waals surface area (Å²) in [6, 6.07) is 1.68. The number of hydrogen-bond acceptors (Lipinski definition) is 5. The van der Waals surface area contributed by atoms with Gasteiger partial charge in [0.15, 0.2) is 0 Å². The molecule has 0 aliphatic heterocycles. The highest BCUT2D eigenvalue weighted by molar-refractivity contribution is 7.71. The van der Waals surface area contributed by atoms with Gasteiger partial charge in [-0.15, -0.1) is 5.10 Å². The lowest BCUT2D eigenvalue weighted by atomic mass is 10.1. The lowest BCUT2D eigenvalue weighted by molar-refractivity contribution is 0.548. The number of aryl methyl sites for hydroxylation is 1. The molecule has 0 saturated carbocycles. The smallest absolute Gasteiger partial charge is 0.284 e. The summed E-state index contributed by atoms with van der Waals surface area (Å²) in [5.41, 5.74) is 0.893. The molecule has 2 heterocycles. The molecule has 0 radical (unpaired) electrons. The van der Waals surface area contributed by atoms with Gasteiger partial charge in [-0.2, -0.15) is 5.10 Å². The lowest BCUT2D eigenvalue weighted by Gasteiger charge is -2.07. The maximum Gasteiger partial charge on any atom is 0.284 e. The number of H-pyrrole nitrogens is 1. The van der Waals surface area contributed by atoms with Crippen molar-refractivity contribution in [2.75, 3.05) is 0 Å². The van der Waals surface area contributed by atoms with Crippen molar-refractivity contribution in [3.63, 3.8) is 0 Å². The fraction of sp³-hybridized carbons (Fsp3) is 0.400. The first-order valence-corrected chi connectivity index (χ1v) is 5.54. The van der Waals surface area contributed by atoms with Crippen LogP contribution in [-0.2, 0) is 7.05 Å². The van der Waals surface area contributed by atoms with Crippen LogP contribution in [-0.4, -0.2) is 20.0 Å². The Bertz CT molecular complexity index is 653. The Morgan fingerprint density at radius 1 is 1.53 bits per heavy atom. The second-order valence-corrected chi connectivity index (χ2v) is 4.36. The number of aromatic nitrogens is 4. The molecule has 17 heavy (non-hydrogen) atoms. The molecular formula is C10H12N4O2S. The Hall–Kier alpha value is -1.76. The molecule has 0 aromatic carbocycles. The molecule has 0 unspecified atom stereocenters. The van der Waals surface area contributed by atoms with E-state index in [0.717, 1.165) is 5.69 Å². The molecule has 0 atom stereocenters. The number of hydrogen-bond donors (Lipinski definition) is 1. The molecule has 90 valence electrons. The van der Waals surface area contributed by atoms with E-state index in [-0.39, 0.29) is 22.2 Å². The van der Waals surface area contributed by atoms with E-state index in [2.05, 4.69) is 15.3 Å². The summed E-state index contributed by atoms with van der Waals surface area (Å²) in [7, 11) is 1.60. The maximum atomic E-state index is 11.9. The molecule has 1 N–H and O–H groups in total. The first kappa shape index (κ1) is 11.7. The Kier molecular flexibility index (Phi) is 2.93. The normalized spacial score (nSPS) is 11.1. The zero-order valence-corrected chi connectivity index (χ0v) is 10.5. The van der Waals surface area contributed by atoms with Gasteiger partial charge in [0, 0.05) is 7.05 Å². The molecule has 0 aliphatic carbocycles. The molecule has 0 bridgehead atoms. The van der Waals surface area contributed by atoms with Gasteiger partial charge in [0.05, 0.1) is 5.69 Å². The van der Waals surface area contributed by atoms with Crippen molar-refractivity contribution in [3.05, 3.63) is 27.0 Å². The Morgan fingerprint density at radius 2 is 2.24 bits per heavy atom. The van der Waals surface area contributed by atoms with Crippen LogP contribution in [0.5, 0.6) is 0 Å². The van der Waals surface area contributed by atoms with Crippen molar-refractivity contribution in [3.8, 4) is 11.5 Å². The van der Waals surface area contributed by atoms with E-state index in [4.69, 9.17) is 16.6 Å². The molecule has 6 nitrogen and oxygen atoms in total. The highest BCUT2D eigenvalue weighted by Gasteiger charge is 2.14. The highest BCUT2D eigenvalue weighted by atomic mass is 32.1. The SMILES string of the molecule is CC(C)c1cc(-c2n[nH]c(=S)o2)c(=O)n(C)n1. The van der Waals surface area contributed by atoms with Gasteiger partial charge in [0.25, 0.3) is 16.3 Å². The third kappa shape index (κ3) is 2.19. The quantitative estimate of drug-likeness (QED) is 0.822. The van der Waals surface area contributed by atoms with Crippen LogP contribution in [0.1, 0.15) is 25.5 Å². The maximum absolute atomic E-state index is 11.9. The van der Waals surface area contributed by atoms with Crippen LogP contribution in [0.2, 0.25) is 0 Å². The van der Waals surface area contributed by atoms with E-state index in [0.29, 0.717) is 5.56 Å². The van der Waals surface area contributed by atoms with E-state index in [1.165, 1.54) is 4.68 Å². The van der Waals surface area contributed by atoms with Crippen LogP contribution in [0.3, 0.4) is 0 Å². The van der Waals surface area contributed by atoms with E-state index in [1.54, 1.807) is 13.1 Å². The van der Waals surface area contributed by atoms with Crippen LogP contribution in [0.4, 0.5) is 0 Å². The summed E-state index contributed by atoms with van der Waals surface area (Å²) in [5, 5.41) is 10.5. The second-order valence-electron chi connectivity index (χ2n) is 3.98. The standard InChI is InChI=1S/C10H12N4O2S/c1-5(2)7-4-6(9(15)14(3)13-7)8-11-12-10(17)16-8/h4-5H,1-3H3,(H,12,17). The molecule has 0 fully saturated rings. The number of aromatic amines is 1. The summed E-state index contributed by atoms with van der Waals surface area (Å²) in [5.74, 6) is 0.405. The predicted molar refractivity (Wildman–Crippen MR) is 64.2 cm³/mol. The average Bonchev–Trinajstić information content (AvgIpc) is 2.68. The Balaban J connectivity index is 2.68. The third-order valence-electron chi connectivity index (χ3n) is 2.34. The van der Waals surface area contributed by atoms with Gasteiger partial charge in [-0.25, -0.2) is 9.78 Å². The van der Waals surface area contributed by atoms with Crippen molar-refractivity contribution >= 4 is 12.2 Å². The van der Waals surface area contributed by atoms with E-state index < -0.39 is 0 Å². The fourth-order valence-electron chi connectivity index (χ4n) is 1.41. The highest BCUT2D eigenvalue weighted by Crippen LogP contribution is 2.17. The topological polar surface area (TPSA) is 76.7 Å². The van der Waals surface area contributed by atoms with Crippen LogP contribution >= 0.6 is 12.2 Å². The van der Waals surface area contributed by atoms with Crippen molar-refractivity contribution in [2.45, 2.75) is 19.8 Å². The third-order valence-corrected chi connectivity index (χ3v) is 2.52. The van der Waals surface area contributed by atoms with Crippen molar-refractivity contribution in [2.24, 2.45) is 7.05 Å². The minimum absolute atomic E-state index is 0.143. The van der Waals surface area contributed by atoms with Crippen molar-refractivity contribution < 1.29 is 4.42 Å². The second kappa shape index (κ2) is 4.25. The summed E-state index contributed by atoms with van der Waals surface area (Å²) in [4.78, 5) is 12.0. The monoisotopic (exact) mass is 252 g/mol. The molecule has 2 rings (SSSR count). The van der Waals surface area contributed by atoms with Crippen LogP contribution < -0.4 is 5.56 Å². The van der Waals surface area contributed by atoms with E-state index in [1.807, 2.05) is 13.8 Å². The lowest BCUT2D eigenvalue weighted by Crippen LogP contribution is -2.23. The van der Waals surface area contributed by atoms with Gasteiger partial charge in [0.1, 0.15) is 5.56 Å². The minimum atomic E-state index is -0.264. The van der Waals surface area contributed by atoms with Crippen LogP contribution in [0.25, 0.3) is 11.5 Å². The Labute approximate surface area is 102 Å². The van der Waals surface area contributed by atoms with E-state index in [9.17, 15) is 4.79 Å². The Morgan fingerprint density at radius 3 is 2.76 bits per heavy atom. The predicted octanol–water partition coefficient (Wildman–Crippen LogP) is 1.62. The van der Waals surface area contributed by atoms with Crippen molar-refractivity contribution in [1.29, 1.82) is 0 Å². The van der Waals surface area contributed by atoms with Crippen LogP contribution in [0.15, 0.2) is 15.3 Å². The molecular weight excluding hydrogens is 240 g/mol. The van der Waals surface area contributed by atoms with Gasteiger partial charge < -0.3 is 4.42 Å². The minimum Gasteiger partial charge on any atom is -0.409 e. The average molecular weight is 252 g/mol. The summed E-state index contributed by atoms with van der Waals surface area (Å²) in [6.07, 6.45) is 0. The van der Waals surface area contributed by atoms with Crippen LogP contribution in [0, 0.1) is 4.84 Å². The fourth-order valence-corrected chi connectivity index (χ4v) is 1.54. The van der Waals surface area contributed by atoms with Crippen molar-refractivity contribution in [1.82, 2.24) is 20.0 Å². The molecule has 2 aromatic rings. The van der Waals surface area contributed by atoms with Gasteiger partial charge in [-0.3, -0.25) is 4.79 Å². The molecule has 7 heteroatoms. The summed E-state index contributed by atoms with van der Waals surface area (Å²) in [6.45, 7) is 3.99. The summed E-state index contributed by atoms with van der Waals surface area (Å²) < 4.78 is 6.42. The zero-order chi connectivity index (χ0) is 12.6.